The van der Waals surface area contributed by atoms with Crippen LogP contribution in [0.3, 0.4) is 0 Å². The molecule has 0 spiro atoms. The lowest BCUT2D eigenvalue weighted by molar-refractivity contribution is 1.07. The number of aromatic amines is 2. The van der Waals surface area contributed by atoms with Gasteiger partial charge in [0.05, 0.1) is 22.8 Å². The summed E-state index contributed by atoms with van der Waals surface area (Å²) >= 11 is 0. The molecular formula is C36H28N4. The van der Waals surface area contributed by atoms with Crippen LogP contribution < -0.4 is 0 Å². The van der Waals surface area contributed by atoms with Gasteiger partial charge in [0, 0.05) is 55.1 Å². The highest BCUT2D eigenvalue weighted by atomic mass is 14.8. The maximum absolute atomic E-state index is 5.20. The van der Waals surface area contributed by atoms with Gasteiger partial charge in [0.15, 0.2) is 0 Å². The second-order valence-electron chi connectivity index (χ2n) is 10.5. The highest BCUT2D eigenvalue weighted by Gasteiger charge is 2.19. The number of nitrogens with one attached hydrogen (secondary N) is 2. The van der Waals surface area contributed by atoms with Crippen molar-refractivity contribution in [1.82, 2.24) is 19.9 Å². The summed E-state index contributed by atoms with van der Waals surface area (Å²) in [6, 6.07) is 34.5. The zero-order valence-electron chi connectivity index (χ0n) is 22.5. The third kappa shape index (κ3) is 3.39. The van der Waals surface area contributed by atoms with Gasteiger partial charge in [-0.1, -0.05) is 86.6 Å². The maximum atomic E-state index is 5.20. The van der Waals surface area contributed by atoms with Crippen molar-refractivity contribution in [2.75, 3.05) is 0 Å². The summed E-state index contributed by atoms with van der Waals surface area (Å²) in [5.74, 6) is 0. The number of H-pyrrole nitrogens is 2. The molecule has 4 heteroatoms. The Labute approximate surface area is 232 Å². The fraction of sp³-hybridized carbons (Fsp3) is 0.111. The average Bonchev–Trinajstić information content (AvgIpc) is 3.71. The van der Waals surface area contributed by atoms with Gasteiger partial charge in [-0.3, -0.25) is 0 Å². The second kappa shape index (κ2) is 8.78. The van der Waals surface area contributed by atoms with Gasteiger partial charge in [-0.15, -0.1) is 0 Å². The number of rotatable bonds is 2. The molecule has 3 aromatic carbocycles. The molecule has 0 amide bonds. The van der Waals surface area contributed by atoms with Gasteiger partial charge in [0.1, 0.15) is 0 Å². The zero-order chi connectivity index (χ0) is 26.8. The molecule has 2 N–H and O–H groups in total. The largest absolute Gasteiger partial charge is 0.355 e. The molecule has 192 valence electrons. The maximum Gasteiger partial charge on any atom is 0.0737 e. The Balaban J connectivity index is 1.59. The Kier molecular flexibility index (Phi) is 5.05. The van der Waals surface area contributed by atoms with E-state index >= 15 is 0 Å². The van der Waals surface area contributed by atoms with Gasteiger partial charge in [0.2, 0.25) is 0 Å². The van der Waals surface area contributed by atoms with E-state index < -0.39 is 0 Å². The van der Waals surface area contributed by atoms with Crippen LogP contribution in [0.5, 0.6) is 0 Å². The topological polar surface area (TPSA) is 57.4 Å². The van der Waals surface area contributed by atoms with Gasteiger partial charge < -0.3 is 9.97 Å². The zero-order valence-corrected chi connectivity index (χ0v) is 22.5. The number of benzene rings is 3. The minimum Gasteiger partial charge on any atom is -0.355 e. The van der Waals surface area contributed by atoms with Crippen molar-refractivity contribution in [3.05, 3.63) is 108 Å². The van der Waals surface area contributed by atoms with Gasteiger partial charge in [-0.2, -0.15) is 0 Å². The SMILES string of the molecule is CCc1c(CC)c2cc3nc(cc4[nH]c(cc5nc(cc1[nH]2)-c1ccccc1-5)c1ccccc41)-c1ccccc1-3. The molecule has 0 atom stereocenters. The molecule has 0 aliphatic carbocycles. The van der Waals surface area contributed by atoms with Gasteiger partial charge in [-0.05, 0) is 48.2 Å². The van der Waals surface area contributed by atoms with Gasteiger partial charge in [0.25, 0.3) is 0 Å². The lowest BCUT2D eigenvalue weighted by Crippen LogP contribution is -1.85. The molecular weight excluding hydrogens is 488 g/mol. The molecule has 4 nitrogen and oxygen atoms in total. The molecule has 0 saturated heterocycles. The van der Waals surface area contributed by atoms with Crippen molar-refractivity contribution in [2.45, 2.75) is 26.7 Å². The summed E-state index contributed by atoms with van der Waals surface area (Å²) in [5, 5.41) is 2.35. The number of fused-ring (bicyclic) bond motifs is 17. The van der Waals surface area contributed by atoms with Gasteiger partial charge in [-0.25, -0.2) is 9.97 Å². The molecule has 6 aromatic rings. The Morgan fingerprint density at radius 1 is 0.450 bits per heavy atom. The van der Waals surface area contributed by atoms with E-state index in [1.807, 2.05) is 0 Å². The van der Waals surface area contributed by atoms with E-state index in [1.165, 1.54) is 21.9 Å². The molecule has 0 radical (unpaired) electrons. The second-order valence-corrected chi connectivity index (χ2v) is 10.5. The van der Waals surface area contributed by atoms with Crippen LogP contribution in [0, 0.1) is 0 Å². The van der Waals surface area contributed by atoms with Crippen LogP contribution >= 0.6 is 0 Å². The lowest BCUT2D eigenvalue weighted by Gasteiger charge is -2.00. The first-order valence-electron chi connectivity index (χ1n) is 14.1. The number of hydrogen-bond acceptors (Lipinski definition) is 2. The highest BCUT2D eigenvalue weighted by molar-refractivity contribution is 6.08. The first-order valence-corrected chi connectivity index (χ1v) is 14.1. The summed E-state index contributed by atoms with van der Waals surface area (Å²) in [4.78, 5) is 17.9. The van der Waals surface area contributed by atoms with Crippen molar-refractivity contribution >= 4 is 32.8 Å². The molecule has 0 saturated carbocycles. The number of aryl methyl sites for hydroxylation is 2. The predicted molar refractivity (Wildman–Crippen MR) is 166 cm³/mol. The van der Waals surface area contributed by atoms with Crippen LogP contribution in [0.25, 0.3) is 77.9 Å². The fourth-order valence-corrected chi connectivity index (χ4v) is 6.48. The van der Waals surface area contributed by atoms with Crippen LogP contribution in [-0.4, -0.2) is 19.9 Å². The van der Waals surface area contributed by atoms with Crippen molar-refractivity contribution in [1.29, 1.82) is 0 Å². The molecule has 8 rings (SSSR count). The summed E-state index contributed by atoms with van der Waals surface area (Å²) < 4.78 is 0. The molecule has 3 aromatic heterocycles. The average molecular weight is 517 g/mol. The van der Waals surface area contributed by atoms with E-state index in [0.29, 0.717) is 0 Å². The third-order valence-corrected chi connectivity index (χ3v) is 8.33. The van der Waals surface area contributed by atoms with Crippen molar-refractivity contribution in [3.8, 4) is 45.0 Å². The molecule has 2 aliphatic rings. The van der Waals surface area contributed by atoms with E-state index in [9.17, 15) is 0 Å². The first-order chi connectivity index (χ1) is 19.7. The van der Waals surface area contributed by atoms with Crippen LogP contribution in [0.4, 0.5) is 0 Å². The Morgan fingerprint density at radius 2 is 0.775 bits per heavy atom. The minimum absolute atomic E-state index is 0.947. The number of aromatic nitrogens is 4. The summed E-state index contributed by atoms with van der Waals surface area (Å²) in [6.07, 6.45) is 1.89. The molecule has 0 unspecified atom stereocenters. The molecule has 5 heterocycles. The summed E-state index contributed by atoms with van der Waals surface area (Å²) in [7, 11) is 0. The molecule has 8 bridgehead atoms. The van der Waals surface area contributed by atoms with E-state index in [2.05, 4.69) is 121 Å². The molecule has 0 fully saturated rings. The Morgan fingerprint density at radius 3 is 1.15 bits per heavy atom. The molecule has 2 aliphatic heterocycles. The van der Waals surface area contributed by atoms with E-state index in [0.717, 1.165) is 79.9 Å². The minimum atomic E-state index is 0.947. The standard InChI is InChI=1S/C36H28N4/c1-3-21-22(4-2)30-18-32-24-12-6-8-14-26(24)34(39-32)20-36-28-16-10-9-15-27(28)35(40-36)19-33-25-13-7-5-11-23(25)31(38-33)17-29(21)37-30/h5-20,37,40H,3-4H2,1-2H3. The Bertz CT molecular complexity index is 2000. The molecule has 40 heavy (non-hydrogen) atoms. The smallest absolute Gasteiger partial charge is 0.0737 e. The van der Waals surface area contributed by atoms with Crippen LogP contribution in [0.1, 0.15) is 25.0 Å². The van der Waals surface area contributed by atoms with Crippen LogP contribution in [0.15, 0.2) is 97.1 Å². The summed E-state index contributed by atoms with van der Waals surface area (Å²) in [5.41, 5.74) is 15.6. The van der Waals surface area contributed by atoms with Crippen LogP contribution in [-0.2, 0) is 12.8 Å². The van der Waals surface area contributed by atoms with E-state index in [1.54, 1.807) is 0 Å². The van der Waals surface area contributed by atoms with Crippen LogP contribution in [0.2, 0.25) is 0 Å². The van der Waals surface area contributed by atoms with Crippen molar-refractivity contribution < 1.29 is 0 Å². The monoisotopic (exact) mass is 516 g/mol. The highest BCUT2D eigenvalue weighted by Crippen LogP contribution is 2.39. The first kappa shape index (κ1) is 23.0. The third-order valence-electron chi connectivity index (χ3n) is 8.33. The fourth-order valence-electron chi connectivity index (χ4n) is 6.48. The Hall–Kier alpha value is -4.96. The van der Waals surface area contributed by atoms with Crippen molar-refractivity contribution in [3.63, 3.8) is 0 Å². The quantitative estimate of drug-likeness (QED) is 0.240. The van der Waals surface area contributed by atoms with E-state index in [-0.39, 0.29) is 0 Å². The predicted octanol–water partition coefficient (Wildman–Crippen LogP) is 9.26. The van der Waals surface area contributed by atoms with E-state index in [4.69, 9.17) is 9.97 Å². The number of hydrogen-bond donors (Lipinski definition) is 2. The van der Waals surface area contributed by atoms with Crippen molar-refractivity contribution in [2.24, 2.45) is 0 Å². The normalized spacial score (nSPS) is 11.9. The lowest BCUT2D eigenvalue weighted by atomic mass is 10.0. The number of nitrogens with zero attached hydrogens (tertiary/aromatic N) is 2. The van der Waals surface area contributed by atoms with Gasteiger partial charge >= 0.3 is 0 Å². The summed E-state index contributed by atoms with van der Waals surface area (Å²) in [6.45, 7) is 4.47.